The van der Waals surface area contributed by atoms with E-state index in [2.05, 4.69) is 4.72 Å². The van der Waals surface area contributed by atoms with Gasteiger partial charge >= 0.3 is 5.97 Å². The first-order valence-corrected chi connectivity index (χ1v) is 7.27. The van der Waals surface area contributed by atoms with Crippen LogP contribution in [0.15, 0.2) is 16.3 Å². The number of rotatable bonds is 4. The van der Waals surface area contributed by atoms with Gasteiger partial charge in [0.1, 0.15) is 4.88 Å². The van der Waals surface area contributed by atoms with Crippen molar-refractivity contribution in [3.05, 3.63) is 16.3 Å². The summed E-state index contributed by atoms with van der Waals surface area (Å²) < 4.78 is 26.0. The van der Waals surface area contributed by atoms with Gasteiger partial charge in [0.05, 0.1) is 11.0 Å². The number of nitrogens with one attached hydrogen (secondary N) is 1. The molecule has 1 fully saturated rings. The van der Waals surface area contributed by atoms with E-state index in [1.165, 1.54) is 5.38 Å². The molecule has 0 atom stereocenters. The number of aliphatic hydroxyl groups excluding tert-OH is 1. The van der Waals surface area contributed by atoms with Crippen LogP contribution in [0.1, 0.15) is 22.5 Å². The van der Waals surface area contributed by atoms with E-state index in [1.807, 2.05) is 0 Å². The zero-order valence-electron chi connectivity index (χ0n) is 8.66. The molecule has 0 spiro atoms. The fourth-order valence-corrected chi connectivity index (χ4v) is 3.92. The monoisotopic (exact) mass is 277 g/mol. The van der Waals surface area contributed by atoms with E-state index >= 15 is 0 Å². The lowest BCUT2D eigenvalue weighted by Gasteiger charge is -2.31. The van der Waals surface area contributed by atoms with Crippen LogP contribution in [0.4, 0.5) is 0 Å². The summed E-state index contributed by atoms with van der Waals surface area (Å²) in [5.41, 5.74) is 0. The Morgan fingerprint density at radius 3 is 2.59 bits per heavy atom. The minimum atomic E-state index is -3.67. The number of carboxylic acids is 1. The Morgan fingerprint density at radius 1 is 1.47 bits per heavy atom. The highest BCUT2D eigenvalue weighted by Crippen LogP contribution is 2.24. The van der Waals surface area contributed by atoms with Crippen LogP contribution in [-0.2, 0) is 10.0 Å². The molecule has 8 heteroatoms. The highest BCUT2D eigenvalue weighted by molar-refractivity contribution is 7.89. The molecule has 0 radical (unpaired) electrons. The SMILES string of the molecule is O=C(O)c1cc(S(=O)(=O)NC2CC(O)C2)cs1. The minimum Gasteiger partial charge on any atom is -0.477 e. The fourth-order valence-electron chi connectivity index (χ4n) is 1.54. The summed E-state index contributed by atoms with van der Waals surface area (Å²) in [5, 5.41) is 19.0. The second kappa shape index (κ2) is 4.37. The number of hydrogen-bond acceptors (Lipinski definition) is 5. The van der Waals surface area contributed by atoms with Gasteiger partial charge in [-0.15, -0.1) is 11.3 Å². The van der Waals surface area contributed by atoms with Crippen molar-refractivity contribution >= 4 is 27.3 Å². The van der Waals surface area contributed by atoms with Crippen LogP contribution in [-0.4, -0.2) is 36.7 Å². The van der Waals surface area contributed by atoms with Crippen molar-refractivity contribution in [2.24, 2.45) is 0 Å². The quantitative estimate of drug-likeness (QED) is 0.732. The summed E-state index contributed by atoms with van der Waals surface area (Å²) >= 11 is 0.870. The highest BCUT2D eigenvalue weighted by Gasteiger charge is 2.31. The number of aromatic carboxylic acids is 1. The smallest absolute Gasteiger partial charge is 0.345 e. The Morgan fingerprint density at radius 2 is 2.12 bits per heavy atom. The van der Waals surface area contributed by atoms with E-state index in [9.17, 15) is 13.2 Å². The lowest BCUT2D eigenvalue weighted by atomic mass is 9.91. The maximum Gasteiger partial charge on any atom is 0.345 e. The molecule has 0 saturated heterocycles. The molecule has 94 valence electrons. The van der Waals surface area contributed by atoms with Gasteiger partial charge in [-0.1, -0.05) is 0 Å². The third-order valence-corrected chi connectivity index (χ3v) is 5.10. The van der Waals surface area contributed by atoms with E-state index in [4.69, 9.17) is 10.2 Å². The Hall–Kier alpha value is -0.960. The summed E-state index contributed by atoms with van der Waals surface area (Å²) in [4.78, 5) is 10.6. The van der Waals surface area contributed by atoms with Crippen LogP contribution < -0.4 is 4.72 Å². The standard InChI is InChI=1S/C9H11NO5S2/c11-6-1-5(2-6)10-17(14,15)7-3-8(9(12)13)16-4-7/h3-6,10-11H,1-2H2,(H,12,13). The number of carboxylic acid groups (broad SMARTS) is 1. The van der Waals surface area contributed by atoms with Crippen molar-refractivity contribution in [1.82, 2.24) is 4.72 Å². The van der Waals surface area contributed by atoms with Gasteiger partial charge in [-0.05, 0) is 18.9 Å². The Labute approximate surface area is 102 Å². The zero-order valence-corrected chi connectivity index (χ0v) is 10.3. The van der Waals surface area contributed by atoms with Crippen molar-refractivity contribution in [2.45, 2.75) is 29.9 Å². The van der Waals surface area contributed by atoms with E-state index in [0.29, 0.717) is 12.8 Å². The normalized spacial score (nSPS) is 24.3. The maximum absolute atomic E-state index is 11.8. The molecule has 0 aromatic carbocycles. The summed E-state index contributed by atoms with van der Waals surface area (Å²) in [6.45, 7) is 0. The van der Waals surface area contributed by atoms with Gasteiger partial charge in [-0.2, -0.15) is 0 Å². The third kappa shape index (κ3) is 2.65. The number of thiophene rings is 1. The van der Waals surface area contributed by atoms with Crippen LogP contribution >= 0.6 is 11.3 Å². The van der Waals surface area contributed by atoms with Gasteiger partial charge in [0, 0.05) is 11.4 Å². The molecular weight excluding hydrogens is 266 g/mol. The lowest BCUT2D eigenvalue weighted by Crippen LogP contribution is -2.46. The van der Waals surface area contributed by atoms with Crippen LogP contribution in [0.5, 0.6) is 0 Å². The number of aliphatic hydroxyl groups is 1. The Balaban J connectivity index is 2.11. The summed E-state index contributed by atoms with van der Waals surface area (Å²) in [6, 6.07) is 0.868. The predicted molar refractivity (Wildman–Crippen MR) is 60.6 cm³/mol. The molecular formula is C9H11NO5S2. The molecule has 1 saturated carbocycles. The molecule has 0 aliphatic heterocycles. The van der Waals surface area contributed by atoms with Crippen molar-refractivity contribution in [2.75, 3.05) is 0 Å². The molecule has 17 heavy (non-hydrogen) atoms. The van der Waals surface area contributed by atoms with Crippen molar-refractivity contribution in [3.63, 3.8) is 0 Å². The predicted octanol–water partition coefficient (Wildman–Crippen LogP) is 0.248. The van der Waals surface area contributed by atoms with E-state index < -0.39 is 22.1 Å². The molecule has 1 aliphatic rings. The van der Waals surface area contributed by atoms with Crippen LogP contribution in [0.25, 0.3) is 0 Å². The molecule has 1 aliphatic carbocycles. The fraction of sp³-hybridized carbons (Fsp3) is 0.444. The molecule has 1 aromatic heterocycles. The second-order valence-electron chi connectivity index (χ2n) is 3.90. The van der Waals surface area contributed by atoms with Gasteiger partial charge in [-0.3, -0.25) is 0 Å². The summed E-state index contributed by atoms with van der Waals surface area (Å²) in [5.74, 6) is -1.14. The van der Waals surface area contributed by atoms with Crippen LogP contribution in [0, 0.1) is 0 Å². The molecule has 1 heterocycles. The molecule has 0 bridgehead atoms. The van der Waals surface area contributed by atoms with Crippen molar-refractivity contribution in [1.29, 1.82) is 0 Å². The largest absolute Gasteiger partial charge is 0.477 e. The van der Waals surface area contributed by atoms with E-state index in [-0.39, 0.29) is 15.8 Å². The lowest BCUT2D eigenvalue weighted by molar-refractivity contribution is 0.0699. The Bertz CT molecular complexity index is 529. The maximum atomic E-state index is 11.8. The van der Waals surface area contributed by atoms with E-state index in [0.717, 1.165) is 17.4 Å². The third-order valence-electron chi connectivity index (χ3n) is 2.53. The van der Waals surface area contributed by atoms with Gasteiger partial charge in [0.2, 0.25) is 10.0 Å². The first-order valence-electron chi connectivity index (χ1n) is 4.91. The minimum absolute atomic E-state index is 0.0148. The van der Waals surface area contributed by atoms with Gasteiger partial charge in [0.25, 0.3) is 0 Å². The number of hydrogen-bond donors (Lipinski definition) is 3. The van der Waals surface area contributed by atoms with Crippen LogP contribution in [0.3, 0.4) is 0 Å². The number of sulfonamides is 1. The van der Waals surface area contributed by atoms with Crippen molar-refractivity contribution < 1.29 is 23.4 Å². The molecule has 1 aromatic rings. The topological polar surface area (TPSA) is 104 Å². The number of carbonyl (C=O) groups is 1. The van der Waals surface area contributed by atoms with Crippen molar-refractivity contribution in [3.8, 4) is 0 Å². The average molecular weight is 277 g/mol. The molecule has 0 amide bonds. The van der Waals surface area contributed by atoms with Gasteiger partial charge in [-0.25, -0.2) is 17.9 Å². The first-order chi connectivity index (χ1) is 7.88. The summed E-state index contributed by atoms with van der Waals surface area (Å²) in [6.07, 6.45) is 0.351. The highest BCUT2D eigenvalue weighted by atomic mass is 32.2. The van der Waals surface area contributed by atoms with Gasteiger partial charge < -0.3 is 10.2 Å². The van der Waals surface area contributed by atoms with Gasteiger partial charge in [0.15, 0.2) is 0 Å². The van der Waals surface area contributed by atoms with E-state index in [1.54, 1.807) is 0 Å². The zero-order chi connectivity index (χ0) is 12.6. The molecule has 3 N–H and O–H groups in total. The average Bonchev–Trinajstić information content (AvgIpc) is 2.64. The first kappa shape index (κ1) is 12.5. The molecule has 0 unspecified atom stereocenters. The summed E-state index contributed by atoms with van der Waals surface area (Å²) in [7, 11) is -3.67. The molecule has 6 nitrogen and oxygen atoms in total. The second-order valence-corrected chi connectivity index (χ2v) is 6.52. The Kier molecular flexibility index (Phi) is 3.21. The molecule has 2 rings (SSSR count). The van der Waals surface area contributed by atoms with Crippen LogP contribution in [0.2, 0.25) is 0 Å².